The Balaban J connectivity index is 1.39. The molecule has 0 radical (unpaired) electrons. The van der Waals surface area contributed by atoms with Gasteiger partial charge in [0.1, 0.15) is 11.2 Å². The molecule has 0 aliphatic carbocycles. The zero-order chi connectivity index (χ0) is 32.6. The monoisotopic (exact) mass is 628 g/mol. The number of benzene rings is 6. The lowest BCUT2D eigenvalue weighted by Gasteiger charge is -2.10. The standard InChI is InChI=1S/C44H28N4O/c1-5-15-29(16-6-1)33-27-36(30-17-7-2-8-18-30)40-37(28-33)39-34(38-23-13-14-26-45-38)24-25-35(41(39)49-40)44-47-42(31-19-9-3-10-20-31)46-43(48-44)32-21-11-4-12-22-32/h1-28H. The lowest BCUT2D eigenvalue weighted by Crippen LogP contribution is -2.00. The van der Waals surface area contributed by atoms with Crippen LogP contribution in [0.25, 0.3) is 89.6 Å². The van der Waals surface area contributed by atoms with Crippen molar-refractivity contribution in [1.29, 1.82) is 0 Å². The number of furan rings is 1. The topological polar surface area (TPSA) is 64.7 Å². The number of nitrogens with zero attached hydrogens (tertiary/aromatic N) is 4. The summed E-state index contributed by atoms with van der Waals surface area (Å²) >= 11 is 0. The first-order valence-corrected chi connectivity index (χ1v) is 16.2. The maximum Gasteiger partial charge on any atom is 0.167 e. The van der Waals surface area contributed by atoms with Gasteiger partial charge in [-0.3, -0.25) is 4.98 Å². The average molecular weight is 629 g/mol. The van der Waals surface area contributed by atoms with Gasteiger partial charge in [-0.2, -0.15) is 0 Å². The Kier molecular flexibility index (Phi) is 7.06. The van der Waals surface area contributed by atoms with Crippen molar-refractivity contribution < 1.29 is 4.42 Å². The van der Waals surface area contributed by atoms with Crippen molar-refractivity contribution in [3.8, 4) is 67.7 Å². The second-order valence-corrected chi connectivity index (χ2v) is 11.9. The molecule has 5 heteroatoms. The first kappa shape index (κ1) is 28.5. The van der Waals surface area contributed by atoms with Gasteiger partial charge in [0.15, 0.2) is 17.5 Å². The summed E-state index contributed by atoms with van der Waals surface area (Å²) in [6.07, 6.45) is 1.83. The molecule has 0 aliphatic rings. The largest absolute Gasteiger partial charge is 0.455 e. The fourth-order valence-electron chi connectivity index (χ4n) is 6.45. The van der Waals surface area contributed by atoms with Gasteiger partial charge >= 0.3 is 0 Å². The third kappa shape index (κ3) is 5.24. The molecule has 0 unspecified atom stereocenters. The maximum atomic E-state index is 7.04. The maximum absolute atomic E-state index is 7.04. The Morgan fingerprint density at radius 1 is 0.367 bits per heavy atom. The molecule has 0 spiro atoms. The number of rotatable bonds is 6. The van der Waals surface area contributed by atoms with Crippen LogP contribution in [0.15, 0.2) is 174 Å². The van der Waals surface area contributed by atoms with Gasteiger partial charge in [0.25, 0.3) is 0 Å². The van der Waals surface area contributed by atoms with Gasteiger partial charge in [0.05, 0.1) is 11.3 Å². The lowest BCUT2D eigenvalue weighted by molar-refractivity contribution is 0.670. The molecule has 0 atom stereocenters. The van der Waals surface area contributed by atoms with E-state index in [0.29, 0.717) is 23.1 Å². The molecule has 0 fully saturated rings. The van der Waals surface area contributed by atoms with Gasteiger partial charge in [0.2, 0.25) is 0 Å². The fraction of sp³-hybridized carbons (Fsp3) is 0. The minimum Gasteiger partial charge on any atom is -0.455 e. The molecule has 9 rings (SSSR count). The molecule has 3 heterocycles. The van der Waals surface area contributed by atoms with Crippen LogP contribution < -0.4 is 0 Å². The van der Waals surface area contributed by atoms with Crippen LogP contribution in [0, 0.1) is 0 Å². The Labute approximate surface area is 283 Å². The molecule has 0 aliphatic heterocycles. The van der Waals surface area contributed by atoms with Crippen LogP contribution in [0.5, 0.6) is 0 Å². The zero-order valence-electron chi connectivity index (χ0n) is 26.4. The summed E-state index contributed by atoms with van der Waals surface area (Å²) in [5.41, 5.74) is 10.2. The van der Waals surface area contributed by atoms with Crippen molar-refractivity contribution in [2.45, 2.75) is 0 Å². The van der Waals surface area contributed by atoms with Crippen LogP contribution >= 0.6 is 0 Å². The molecule has 0 saturated carbocycles. The summed E-state index contributed by atoms with van der Waals surface area (Å²) in [4.78, 5) is 19.8. The highest BCUT2D eigenvalue weighted by Gasteiger charge is 2.23. The van der Waals surface area contributed by atoms with Crippen molar-refractivity contribution in [3.05, 3.63) is 170 Å². The van der Waals surface area contributed by atoms with E-state index < -0.39 is 0 Å². The Morgan fingerprint density at radius 3 is 1.49 bits per heavy atom. The van der Waals surface area contributed by atoms with Gasteiger partial charge in [-0.25, -0.2) is 15.0 Å². The number of aromatic nitrogens is 4. The molecule has 5 nitrogen and oxygen atoms in total. The van der Waals surface area contributed by atoms with Gasteiger partial charge in [-0.1, -0.05) is 133 Å². The number of pyridine rings is 1. The van der Waals surface area contributed by atoms with E-state index in [1.807, 2.05) is 103 Å². The minimum absolute atomic E-state index is 0.536. The Bertz CT molecular complexity index is 2510. The van der Waals surface area contributed by atoms with E-state index in [2.05, 4.69) is 66.7 Å². The van der Waals surface area contributed by atoms with Crippen LogP contribution in [-0.2, 0) is 0 Å². The Hall–Kier alpha value is -6.72. The summed E-state index contributed by atoms with van der Waals surface area (Å²) in [5.74, 6) is 1.73. The van der Waals surface area contributed by atoms with E-state index in [9.17, 15) is 0 Å². The van der Waals surface area contributed by atoms with Crippen molar-refractivity contribution in [3.63, 3.8) is 0 Å². The second kappa shape index (κ2) is 12.1. The van der Waals surface area contributed by atoms with Gasteiger partial charge in [0, 0.05) is 39.2 Å². The number of hydrogen-bond acceptors (Lipinski definition) is 5. The quantitative estimate of drug-likeness (QED) is 0.183. The Morgan fingerprint density at radius 2 is 0.898 bits per heavy atom. The second-order valence-electron chi connectivity index (χ2n) is 11.9. The average Bonchev–Trinajstić information content (AvgIpc) is 3.58. The van der Waals surface area contributed by atoms with E-state index in [0.717, 1.165) is 66.6 Å². The number of fused-ring (bicyclic) bond motifs is 3. The zero-order valence-corrected chi connectivity index (χ0v) is 26.4. The third-order valence-corrected chi connectivity index (χ3v) is 8.79. The molecule has 230 valence electrons. The van der Waals surface area contributed by atoms with E-state index in [1.54, 1.807) is 0 Å². The first-order chi connectivity index (χ1) is 24.3. The normalized spacial score (nSPS) is 11.3. The molecule has 0 amide bonds. The summed E-state index contributed by atoms with van der Waals surface area (Å²) in [5, 5.41) is 1.96. The van der Waals surface area contributed by atoms with E-state index >= 15 is 0 Å². The molecule has 0 saturated heterocycles. The van der Waals surface area contributed by atoms with Crippen molar-refractivity contribution in [2.24, 2.45) is 0 Å². The van der Waals surface area contributed by atoms with E-state index in [-0.39, 0.29) is 0 Å². The number of hydrogen-bond donors (Lipinski definition) is 0. The van der Waals surface area contributed by atoms with Crippen LogP contribution in [0.4, 0.5) is 0 Å². The highest BCUT2D eigenvalue weighted by atomic mass is 16.3. The first-order valence-electron chi connectivity index (χ1n) is 16.2. The summed E-state index contributed by atoms with van der Waals surface area (Å²) < 4.78 is 7.04. The SMILES string of the molecule is c1ccc(-c2cc(-c3ccccc3)c3oc4c(-c5nc(-c6ccccc6)nc(-c6ccccc6)n5)ccc(-c5ccccn5)c4c3c2)cc1. The molecular formula is C44H28N4O. The van der Waals surface area contributed by atoms with Gasteiger partial charge < -0.3 is 4.42 Å². The molecule has 0 bridgehead atoms. The van der Waals surface area contributed by atoms with Crippen molar-refractivity contribution in [2.75, 3.05) is 0 Å². The summed E-state index contributed by atoms with van der Waals surface area (Å²) in [6, 6.07) is 55.5. The minimum atomic E-state index is 0.536. The van der Waals surface area contributed by atoms with Gasteiger partial charge in [-0.15, -0.1) is 0 Å². The van der Waals surface area contributed by atoms with E-state index in [1.165, 1.54) is 0 Å². The predicted octanol–water partition coefficient (Wildman–Crippen LogP) is 11.2. The van der Waals surface area contributed by atoms with Crippen LogP contribution in [0.3, 0.4) is 0 Å². The summed E-state index contributed by atoms with van der Waals surface area (Å²) in [6.45, 7) is 0. The smallest absolute Gasteiger partial charge is 0.167 e. The highest BCUT2D eigenvalue weighted by molar-refractivity contribution is 6.19. The third-order valence-electron chi connectivity index (χ3n) is 8.79. The fourth-order valence-corrected chi connectivity index (χ4v) is 6.45. The van der Waals surface area contributed by atoms with Crippen LogP contribution in [0.2, 0.25) is 0 Å². The van der Waals surface area contributed by atoms with Crippen molar-refractivity contribution >= 4 is 21.9 Å². The predicted molar refractivity (Wildman–Crippen MR) is 198 cm³/mol. The van der Waals surface area contributed by atoms with E-state index in [4.69, 9.17) is 24.4 Å². The highest BCUT2D eigenvalue weighted by Crippen LogP contribution is 2.45. The van der Waals surface area contributed by atoms with Crippen LogP contribution in [-0.4, -0.2) is 19.9 Å². The lowest BCUT2D eigenvalue weighted by atomic mass is 9.93. The van der Waals surface area contributed by atoms with Crippen LogP contribution in [0.1, 0.15) is 0 Å². The molecular weight excluding hydrogens is 601 g/mol. The molecule has 6 aromatic carbocycles. The molecule has 9 aromatic rings. The molecule has 0 N–H and O–H groups in total. The molecule has 3 aromatic heterocycles. The summed E-state index contributed by atoms with van der Waals surface area (Å²) in [7, 11) is 0. The van der Waals surface area contributed by atoms with Gasteiger partial charge in [-0.05, 0) is 47.0 Å². The van der Waals surface area contributed by atoms with Crippen molar-refractivity contribution in [1.82, 2.24) is 19.9 Å². The molecule has 49 heavy (non-hydrogen) atoms.